The van der Waals surface area contributed by atoms with Crippen molar-refractivity contribution in [1.29, 1.82) is 0 Å². The van der Waals surface area contributed by atoms with E-state index in [4.69, 9.17) is 9.40 Å². The second kappa shape index (κ2) is 8.71. The van der Waals surface area contributed by atoms with Gasteiger partial charge in [-0.1, -0.05) is 0 Å². The fourth-order valence-corrected chi connectivity index (χ4v) is 4.07. The summed E-state index contributed by atoms with van der Waals surface area (Å²) >= 11 is 0. The van der Waals surface area contributed by atoms with Crippen LogP contribution in [0.4, 0.5) is 5.69 Å². The SMILES string of the molecule is CN(C)CC(=O)Nc1cncc(-c2cc3c(-c4nc5c(-c6ccoc6)cncc5[nH]4)n[nH]c3cn2)c1. The Morgan fingerprint density at radius 2 is 1.94 bits per heavy atom. The molecule has 0 atom stereocenters. The number of rotatable bonds is 6. The fourth-order valence-electron chi connectivity index (χ4n) is 4.07. The standard InChI is InChI=1S/C25H21N9O2/c1-34(2)12-22(35)29-16-5-15(7-26-8-16)19-6-17-20(11-28-19)32-33-24(17)25-30-21-10-27-9-18(23(21)31-25)14-3-4-36-13-14/h3-11,13H,12H2,1-2H3,(H,29,35)(H,30,31)(H,32,33). The molecule has 0 spiro atoms. The third-order valence-electron chi connectivity index (χ3n) is 5.68. The number of likely N-dealkylation sites (N-methyl/N-ethyl adjacent to an activating group) is 1. The number of fused-ring (bicyclic) bond motifs is 2. The molecular weight excluding hydrogens is 458 g/mol. The maximum atomic E-state index is 12.2. The second-order valence-corrected chi connectivity index (χ2v) is 8.62. The van der Waals surface area contributed by atoms with Crippen LogP contribution in [0, 0.1) is 0 Å². The number of aromatic nitrogens is 7. The molecule has 6 aromatic rings. The Hall–Kier alpha value is -4.90. The summed E-state index contributed by atoms with van der Waals surface area (Å²) in [7, 11) is 3.68. The second-order valence-electron chi connectivity index (χ2n) is 8.62. The lowest BCUT2D eigenvalue weighted by atomic mass is 10.1. The number of amides is 1. The zero-order valence-electron chi connectivity index (χ0n) is 19.5. The molecule has 36 heavy (non-hydrogen) atoms. The van der Waals surface area contributed by atoms with Gasteiger partial charge in [-0.2, -0.15) is 5.10 Å². The number of furan rings is 1. The summed E-state index contributed by atoms with van der Waals surface area (Å²) in [6.07, 6.45) is 11.8. The number of hydrogen-bond donors (Lipinski definition) is 3. The minimum atomic E-state index is -0.117. The first-order chi connectivity index (χ1) is 17.5. The molecule has 178 valence electrons. The minimum Gasteiger partial charge on any atom is -0.472 e. The van der Waals surface area contributed by atoms with Gasteiger partial charge in [0, 0.05) is 34.5 Å². The molecule has 0 fully saturated rings. The first-order valence-corrected chi connectivity index (χ1v) is 11.2. The number of nitrogens with one attached hydrogen (secondary N) is 3. The van der Waals surface area contributed by atoms with Gasteiger partial charge in [0.15, 0.2) is 5.82 Å². The monoisotopic (exact) mass is 479 g/mol. The first-order valence-electron chi connectivity index (χ1n) is 11.2. The van der Waals surface area contributed by atoms with Crippen molar-refractivity contribution in [2.24, 2.45) is 0 Å². The summed E-state index contributed by atoms with van der Waals surface area (Å²) in [5.41, 5.74) is 6.82. The number of imidazole rings is 1. The molecule has 6 aromatic heterocycles. The van der Waals surface area contributed by atoms with Crippen molar-refractivity contribution in [3.63, 3.8) is 0 Å². The molecule has 3 N–H and O–H groups in total. The number of hydrogen-bond acceptors (Lipinski definition) is 8. The molecule has 6 rings (SSSR count). The summed E-state index contributed by atoms with van der Waals surface area (Å²) in [6, 6.07) is 5.65. The van der Waals surface area contributed by atoms with E-state index in [9.17, 15) is 4.79 Å². The van der Waals surface area contributed by atoms with Gasteiger partial charge < -0.3 is 19.6 Å². The quantitative estimate of drug-likeness (QED) is 0.328. The zero-order valence-corrected chi connectivity index (χ0v) is 19.5. The van der Waals surface area contributed by atoms with E-state index < -0.39 is 0 Å². The van der Waals surface area contributed by atoms with E-state index in [2.05, 4.69) is 35.5 Å². The van der Waals surface area contributed by atoms with E-state index in [0.29, 0.717) is 22.9 Å². The largest absolute Gasteiger partial charge is 0.472 e. The van der Waals surface area contributed by atoms with E-state index in [-0.39, 0.29) is 12.5 Å². The summed E-state index contributed by atoms with van der Waals surface area (Å²) in [6.45, 7) is 0.280. The Bertz CT molecular complexity index is 1700. The third kappa shape index (κ3) is 3.97. The van der Waals surface area contributed by atoms with Gasteiger partial charge in [-0.25, -0.2) is 4.98 Å². The molecule has 11 nitrogen and oxygen atoms in total. The Kier molecular flexibility index (Phi) is 5.23. The van der Waals surface area contributed by atoms with Crippen molar-refractivity contribution in [3.05, 3.63) is 61.7 Å². The topological polar surface area (TPSA) is 142 Å². The average molecular weight is 480 g/mol. The van der Waals surface area contributed by atoms with Gasteiger partial charge in [0.2, 0.25) is 5.91 Å². The van der Waals surface area contributed by atoms with Gasteiger partial charge in [0.1, 0.15) is 11.2 Å². The van der Waals surface area contributed by atoms with Gasteiger partial charge >= 0.3 is 0 Å². The van der Waals surface area contributed by atoms with Crippen LogP contribution in [0.25, 0.3) is 55.8 Å². The van der Waals surface area contributed by atoms with Crippen LogP contribution in [0.2, 0.25) is 0 Å². The molecule has 0 aromatic carbocycles. The highest BCUT2D eigenvalue weighted by atomic mass is 16.3. The molecule has 6 heterocycles. The van der Waals surface area contributed by atoms with Gasteiger partial charge in [0.05, 0.1) is 60.1 Å². The van der Waals surface area contributed by atoms with Gasteiger partial charge in [-0.3, -0.25) is 24.8 Å². The lowest BCUT2D eigenvalue weighted by Gasteiger charge is -2.10. The number of pyridine rings is 3. The molecule has 11 heteroatoms. The number of nitrogens with zero attached hydrogens (tertiary/aromatic N) is 6. The molecule has 0 bridgehead atoms. The summed E-state index contributed by atoms with van der Waals surface area (Å²) in [5.74, 6) is 0.489. The molecule has 1 amide bonds. The Morgan fingerprint density at radius 1 is 1.06 bits per heavy atom. The van der Waals surface area contributed by atoms with Crippen LogP contribution in [0.5, 0.6) is 0 Å². The van der Waals surface area contributed by atoms with Crippen molar-refractivity contribution >= 4 is 33.5 Å². The van der Waals surface area contributed by atoms with E-state index in [1.54, 1.807) is 48.4 Å². The smallest absolute Gasteiger partial charge is 0.238 e. The van der Waals surface area contributed by atoms with Gasteiger partial charge in [0.25, 0.3) is 0 Å². The van der Waals surface area contributed by atoms with E-state index in [1.807, 2.05) is 32.3 Å². The van der Waals surface area contributed by atoms with Crippen LogP contribution in [0.15, 0.2) is 66.1 Å². The molecular formula is C25H21N9O2. The molecule has 0 radical (unpaired) electrons. The highest BCUT2D eigenvalue weighted by molar-refractivity contribution is 5.97. The highest BCUT2D eigenvalue weighted by Gasteiger charge is 2.17. The minimum absolute atomic E-state index is 0.117. The van der Waals surface area contributed by atoms with Crippen molar-refractivity contribution in [3.8, 4) is 33.9 Å². The average Bonchev–Trinajstić information content (AvgIpc) is 3.62. The summed E-state index contributed by atoms with van der Waals surface area (Å²) in [5, 5.41) is 11.2. The highest BCUT2D eigenvalue weighted by Crippen LogP contribution is 2.32. The zero-order chi connectivity index (χ0) is 24.6. The number of carbonyl (C=O) groups is 1. The van der Waals surface area contributed by atoms with Crippen LogP contribution in [0.1, 0.15) is 0 Å². The molecule has 0 saturated carbocycles. The van der Waals surface area contributed by atoms with Crippen LogP contribution in [0.3, 0.4) is 0 Å². The molecule has 0 aliphatic rings. The fraction of sp³-hybridized carbons (Fsp3) is 0.120. The summed E-state index contributed by atoms with van der Waals surface area (Å²) in [4.78, 5) is 35.3. The van der Waals surface area contributed by atoms with Crippen molar-refractivity contribution in [1.82, 2.24) is 40.0 Å². The lowest BCUT2D eigenvalue weighted by molar-refractivity contribution is -0.116. The van der Waals surface area contributed by atoms with Gasteiger partial charge in [-0.15, -0.1) is 0 Å². The Balaban J connectivity index is 1.38. The Labute approximate surface area is 204 Å². The van der Waals surface area contributed by atoms with Crippen LogP contribution >= 0.6 is 0 Å². The summed E-state index contributed by atoms with van der Waals surface area (Å²) < 4.78 is 5.24. The molecule has 0 saturated heterocycles. The molecule has 0 unspecified atom stereocenters. The van der Waals surface area contributed by atoms with Crippen LogP contribution < -0.4 is 5.32 Å². The van der Waals surface area contributed by atoms with E-state index >= 15 is 0 Å². The number of anilines is 1. The van der Waals surface area contributed by atoms with Crippen LogP contribution in [-0.2, 0) is 4.79 Å². The van der Waals surface area contributed by atoms with E-state index in [1.165, 1.54) is 0 Å². The number of H-pyrrole nitrogens is 2. The number of aromatic amines is 2. The normalized spacial score (nSPS) is 11.5. The molecule has 0 aliphatic carbocycles. The van der Waals surface area contributed by atoms with Crippen LogP contribution in [-0.4, -0.2) is 66.6 Å². The predicted molar refractivity (Wildman–Crippen MR) is 135 cm³/mol. The maximum absolute atomic E-state index is 12.2. The first kappa shape index (κ1) is 21.6. The van der Waals surface area contributed by atoms with Crippen molar-refractivity contribution < 1.29 is 9.21 Å². The number of carbonyl (C=O) groups excluding carboxylic acids is 1. The van der Waals surface area contributed by atoms with Crippen molar-refractivity contribution in [2.45, 2.75) is 0 Å². The Morgan fingerprint density at radius 3 is 2.78 bits per heavy atom. The lowest BCUT2D eigenvalue weighted by Crippen LogP contribution is -2.27. The van der Waals surface area contributed by atoms with Gasteiger partial charge in [-0.05, 0) is 32.3 Å². The molecule has 0 aliphatic heterocycles. The third-order valence-corrected chi connectivity index (χ3v) is 5.68. The van der Waals surface area contributed by atoms with Crippen molar-refractivity contribution in [2.75, 3.05) is 26.0 Å². The van der Waals surface area contributed by atoms with E-state index in [0.717, 1.165) is 38.6 Å². The predicted octanol–water partition coefficient (Wildman–Crippen LogP) is 3.72. The maximum Gasteiger partial charge on any atom is 0.238 e.